The number of aromatic nitrogens is 1. The summed E-state index contributed by atoms with van der Waals surface area (Å²) in [4.78, 5) is 30.6. The van der Waals surface area contributed by atoms with Crippen molar-refractivity contribution in [3.63, 3.8) is 0 Å². The molecular formula is C31H32N4O3. The van der Waals surface area contributed by atoms with E-state index in [0.717, 1.165) is 40.2 Å². The molecule has 7 heteroatoms. The van der Waals surface area contributed by atoms with E-state index in [4.69, 9.17) is 4.74 Å². The molecule has 2 aliphatic rings. The van der Waals surface area contributed by atoms with E-state index in [-0.39, 0.29) is 18.0 Å². The molecule has 194 valence electrons. The Balaban J connectivity index is 1.26. The lowest BCUT2D eigenvalue weighted by Gasteiger charge is -2.46. The van der Waals surface area contributed by atoms with Crippen LogP contribution in [0.4, 0.5) is 5.69 Å². The van der Waals surface area contributed by atoms with Crippen molar-refractivity contribution in [2.75, 3.05) is 32.1 Å². The van der Waals surface area contributed by atoms with E-state index in [1.165, 1.54) is 10.9 Å². The molecule has 0 spiro atoms. The normalized spacial score (nSPS) is 16.2. The number of anilines is 1. The fourth-order valence-electron chi connectivity index (χ4n) is 6.10. The van der Waals surface area contributed by atoms with E-state index in [2.05, 4.69) is 40.0 Å². The standard InChI is InChI=1S/C31H32N4O3/c1-33-25-12-6-5-11-24(25)31(37)35-19-16-23-22-10-4-7-13-26(22)34(29(23)30(33)35)20-17-28(36)32-18-15-21-9-3-8-14-27(21)38-2/h3-14,30H,15-20H2,1-2H3,(H,32,36). The Hall–Kier alpha value is -4.26. The number of hydrogen-bond acceptors (Lipinski definition) is 4. The van der Waals surface area contributed by atoms with Crippen molar-refractivity contribution in [2.24, 2.45) is 0 Å². The van der Waals surface area contributed by atoms with Gasteiger partial charge in [-0.05, 0) is 48.2 Å². The van der Waals surface area contributed by atoms with E-state index in [0.29, 0.717) is 32.5 Å². The predicted octanol–water partition coefficient (Wildman–Crippen LogP) is 4.55. The first-order valence-corrected chi connectivity index (χ1v) is 13.2. The zero-order chi connectivity index (χ0) is 26.2. The summed E-state index contributed by atoms with van der Waals surface area (Å²) in [5, 5.41) is 4.28. The Kier molecular flexibility index (Phi) is 6.27. The van der Waals surface area contributed by atoms with Gasteiger partial charge in [-0.15, -0.1) is 0 Å². The van der Waals surface area contributed by atoms with Gasteiger partial charge < -0.3 is 24.4 Å². The summed E-state index contributed by atoms with van der Waals surface area (Å²) in [5.74, 6) is 0.919. The zero-order valence-electron chi connectivity index (χ0n) is 21.8. The molecule has 1 N–H and O–H groups in total. The second-order valence-corrected chi connectivity index (χ2v) is 9.94. The summed E-state index contributed by atoms with van der Waals surface area (Å²) in [6.45, 7) is 1.77. The number of nitrogens with one attached hydrogen (secondary N) is 1. The minimum absolute atomic E-state index is 0.0116. The maximum atomic E-state index is 13.5. The van der Waals surface area contributed by atoms with Gasteiger partial charge in [0.2, 0.25) is 5.91 Å². The van der Waals surface area contributed by atoms with Gasteiger partial charge in [-0.25, -0.2) is 0 Å². The average Bonchev–Trinajstić information content (AvgIpc) is 3.28. The number of carbonyl (C=O) groups excluding carboxylic acids is 2. The molecule has 2 amide bonds. The van der Waals surface area contributed by atoms with Crippen LogP contribution in [0, 0.1) is 0 Å². The van der Waals surface area contributed by atoms with Crippen molar-refractivity contribution in [3.8, 4) is 5.75 Å². The van der Waals surface area contributed by atoms with E-state index in [1.54, 1.807) is 7.11 Å². The van der Waals surface area contributed by atoms with E-state index >= 15 is 0 Å². The summed E-state index contributed by atoms with van der Waals surface area (Å²) < 4.78 is 7.69. The molecule has 6 rings (SSSR count). The second kappa shape index (κ2) is 9.89. The molecule has 3 heterocycles. The van der Waals surface area contributed by atoms with Gasteiger partial charge in [0, 0.05) is 44.0 Å². The fourth-order valence-corrected chi connectivity index (χ4v) is 6.10. The number of benzene rings is 3. The molecule has 0 saturated heterocycles. The largest absolute Gasteiger partial charge is 0.496 e. The monoisotopic (exact) mass is 508 g/mol. The molecule has 1 atom stereocenters. The smallest absolute Gasteiger partial charge is 0.257 e. The van der Waals surface area contributed by atoms with E-state index in [1.807, 2.05) is 59.5 Å². The van der Waals surface area contributed by atoms with Crippen molar-refractivity contribution in [2.45, 2.75) is 32.0 Å². The highest BCUT2D eigenvalue weighted by molar-refractivity contribution is 6.02. The first kappa shape index (κ1) is 24.1. The van der Waals surface area contributed by atoms with Gasteiger partial charge in [0.15, 0.2) is 0 Å². The maximum Gasteiger partial charge on any atom is 0.257 e. The van der Waals surface area contributed by atoms with Crippen molar-refractivity contribution >= 4 is 28.4 Å². The molecule has 1 aromatic heterocycles. The van der Waals surface area contributed by atoms with Crippen LogP contribution in [0.2, 0.25) is 0 Å². The molecule has 0 aliphatic carbocycles. The van der Waals surface area contributed by atoms with E-state index in [9.17, 15) is 9.59 Å². The van der Waals surface area contributed by atoms with Crippen LogP contribution in [0.25, 0.3) is 10.9 Å². The Bertz CT molecular complexity index is 1520. The highest BCUT2D eigenvalue weighted by atomic mass is 16.5. The topological polar surface area (TPSA) is 66.8 Å². The number of nitrogens with zero attached hydrogens (tertiary/aromatic N) is 3. The van der Waals surface area contributed by atoms with Gasteiger partial charge in [-0.3, -0.25) is 9.59 Å². The van der Waals surface area contributed by atoms with Crippen molar-refractivity contribution < 1.29 is 14.3 Å². The third kappa shape index (κ3) is 3.99. The van der Waals surface area contributed by atoms with Crippen molar-refractivity contribution in [1.29, 1.82) is 0 Å². The minimum Gasteiger partial charge on any atom is -0.496 e. The number of para-hydroxylation sites is 3. The quantitative estimate of drug-likeness (QED) is 0.398. The molecule has 38 heavy (non-hydrogen) atoms. The number of fused-ring (bicyclic) bond motifs is 6. The van der Waals surface area contributed by atoms with Crippen LogP contribution in [0.3, 0.4) is 0 Å². The van der Waals surface area contributed by atoms with Gasteiger partial charge >= 0.3 is 0 Å². The molecule has 0 bridgehead atoms. The van der Waals surface area contributed by atoms with Crippen LogP contribution in [0.1, 0.15) is 39.8 Å². The van der Waals surface area contributed by atoms with Crippen molar-refractivity contribution in [1.82, 2.24) is 14.8 Å². The second-order valence-electron chi connectivity index (χ2n) is 9.94. The van der Waals surface area contributed by atoms with Gasteiger partial charge in [-0.1, -0.05) is 48.5 Å². The number of aryl methyl sites for hydroxylation is 1. The van der Waals surface area contributed by atoms with Gasteiger partial charge in [-0.2, -0.15) is 0 Å². The van der Waals surface area contributed by atoms with Gasteiger partial charge in [0.25, 0.3) is 5.91 Å². The maximum absolute atomic E-state index is 13.5. The predicted molar refractivity (Wildman–Crippen MR) is 149 cm³/mol. The summed E-state index contributed by atoms with van der Waals surface area (Å²) in [6, 6.07) is 24.1. The summed E-state index contributed by atoms with van der Waals surface area (Å²) >= 11 is 0. The highest BCUT2D eigenvalue weighted by Crippen LogP contribution is 2.44. The van der Waals surface area contributed by atoms with Crippen LogP contribution < -0.4 is 15.0 Å². The molecule has 3 aromatic carbocycles. The first-order chi connectivity index (χ1) is 18.6. The Morgan fingerprint density at radius 3 is 2.66 bits per heavy atom. The van der Waals surface area contributed by atoms with Crippen LogP contribution in [-0.2, 0) is 24.2 Å². The van der Waals surface area contributed by atoms with Gasteiger partial charge in [0.05, 0.1) is 24.1 Å². The zero-order valence-corrected chi connectivity index (χ0v) is 21.8. The number of ether oxygens (including phenoxy) is 1. The van der Waals surface area contributed by atoms with Crippen LogP contribution in [-0.4, -0.2) is 48.5 Å². The Morgan fingerprint density at radius 1 is 1.03 bits per heavy atom. The number of hydrogen-bond donors (Lipinski definition) is 1. The van der Waals surface area contributed by atoms with E-state index < -0.39 is 0 Å². The summed E-state index contributed by atoms with van der Waals surface area (Å²) in [7, 11) is 3.72. The molecule has 0 saturated carbocycles. The minimum atomic E-state index is -0.206. The number of carbonyl (C=O) groups is 2. The molecule has 2 aliphatic heterocycles. The summed E-state index contributed by atoms with van der Waals surface area (Å²) in [6.07, 6.45) is 1.66. The SMILES string of the molecule is COc1ccccc1CCNC(=O)CCn1c2c(c3ccccc31)CCN1C(=O)c3ccccc3N(C)C21. The molecular weight excluding hydrogens is 476 g/mol. The molecule has 4 aromatic rings. The summed E-state index contributed by atoms with van der Waals surface area (Å²) in [5.41, 5.74) is 6.26. The average molecular weight is 509 g/mol. The Morgan fingerprint density at radius 2 is 1.79 bits per heavy atom. The lowest BCUT2D eigenvalue weighted by molar-refractivity contribution is -0.121. The molecule has 7 nitrogen and oxygen atoms in total. The molecule has 1 unspecified atom stereocenters. The van der Waals surface area contributed by atoms with Crippen molar-refractivity contribution in [3.05, 3.63) is 95.2 Å². The van der Waals surface area contributed by atoms with Gasteiger partial charge in [0.1, 0.15) is 11.9 Å². The number of rotatable bonds is 7. The van der Waals surface area contributed by atoms with Crippen LogP contribution >= 0.6 is 0 Å². The lowest BCUT2D eigenvalue weighted by atomic mass is 9.96. The number of methoxy groups -OCH3 is 1. The number of amides is 2. The Labute approximate surface area is 222 Å². The third-order valence-corrected chi connectivity index (χ3v) is 7.88. The molecule has 0 fully saturated rings. The van der Waals surface area contributed by atoms with Crippen LogP contribution in [0.15, 0.2) is 72.8 Å². The third-order valence-electron chi connectivity index (χ3n) is 7.88. The fraction of sp³-hybridized carbons (Fsp3) is 0.290. The highest BCUT2D eigenvalue weighted by Gasteiger charge is 2.42. The molecule has 0 radical (unpaired) electrons. The first-order valence-electron chi connectivity index (χ1n) is 13.2. The van der Waals surface area contributed by atoms with Crippen LogP contribution in [0.5, 0.6) is 5.75 Å². The lowest BCUT2D eigenvalue weighted by Crippen LogP contribution is -2.51.